The standard InChI is InChI=1S/C16H22N2O2/c1-11(9-17)13-10-18(15(19)20-16(2,3)4)14-8-6-5-7-12(13)14/h5-8,10-11H,9,17H2,1-4H3. The van der Waals surface area contributed by atoms with Gasteiger partial charge in [-0.15, -0.1) is 0 Å². The summed E-state index contributed by atoms with van der Waals surface area (Å²) >= 11 is 0. The van der Waals surface area contributed by atoms with Gasteiger partial charge in [0.05, 0.1) is 5.52 Å². The fraction of sp³-hybridized carbons (Fsp3) is 0.438. The Morgan fingerprint density at radius 1 is 1.35 bits per heavy atom. The molecule has 0 saturated heterocycles. The van der Waals surface area contributed by atoms with Crippen molar-refractivity contribution in [3.63, 3.8) is 0 Å². The molecule has 0 radical (unpaired) electrons. The number of nitrogens with two attached hydrogens (primary N) is 1. The van der Waals surface area contributed by atoms with E-state index in [0.717, 1.165) is 16.5 Å². The van der Waals surface area contributed by atoms with Gasteiger partial charge in [0.1, 0.15) is 5.60 Å². The summed E-state index contributed by atoms with van der Waals surface area (Å²) in [6, 6.07) is 7.82. The molecule has 1 aromatic heterocycles. The van der Waals surface area contributed by atoms with Crippen LogP contribution in [0.1, 0.15) is 39.2 Å². The van der Waals surface area contributed by atoms with Crippen molar-refractivity contribution in [2.75, 3.05) is 6.54 Å². The maximum Gasteiger partial charge on any atom is 0.419 e. The molecule has 1 unspecified atom stereocenters. The summed E-state index contributed by atoms with van der Waals surface area (Å²) in [5.41, 5.74) is 7.18. The Hall–Kier alpha value is -1.81. The topological polar surface area (TPSA) is 57.2 Å². The highest BCUT2D eigenvalue weighted by atomic mass is 16.6. The van der Waals surface area contributed by atoms with Crippen LogP contribution in [0.3, 0.4) is 0 Å². The molecule has 0 aliphatic carbocycles. The van der Waals surface area contributed by atoms with Crippen LogP contribution in [0.15, 0.2) is 30.5 Å². The molecule has 1 aromatic carbocycles. The lowest BCUT2D eigenvalue weighted by Crippen LogP contribution is -2.26. The third kappa shape index (κ3) is 2.85. The number of rotatable bonds is 2. The molecule has 0 spiro atoms. The molecule has 2 N–H and O–H groups in total. The van der Waals surface area contributed by atoms with E-state index in [4.69, 9.17) is 10.5 Å². The van der Waals surface area contributed by atoms with E-state index < -0.39 is 5.60 Å². The summed E-state index contributed by atoms with van der Waals surface area (Å²) in [7, 11) is 0. The lowest BCUT2D eigenvalue weighted by molar-refractivity contribution is 0.0544. The molecule has 0 bridgehead atoms. The molecule has 0 aliphatic rings. The highest BCUT2D eigenvalue weighted by Gasteiger charge is 2.21. The van der Waals surface area contributed by atoms with Gasteiger partial charge in [-0.2, -0.15) is 0 Å². The lowest BCUT2D eigenvalue weighted by Gasteiger charge is -2.19. The molecule has 2 aromatic rings. The number of ether oxygens (including phenoxy) is 1. The molecule has 0 saturated carbocycles. The van der Waals surface area contributed by atoms with Gasteiger partial charge in [-0.25, -0.2) is 4.79 Å². The van der Waals surface area contributed by atoms with E-state index in [9.17, 15) is 4.79 Å². The smallest absolute Gasteiger partial charge is 0.419 e. The summed E-state index contributed by atoms with van der Waals surface area (Å²) in [4.78, 5) is 12.3. The number of nitrogens with zero attached hydrogens (tertiary/aromatic N) is 1. The van der Waals surface area contributed by atoms with Gasteiger partial charge in [-0.05, 0) is 44.9 Å². The lowest BCUT2D eigenvalue weighted by atomic mass is 10.0. The van der Waals surface area contributed by atoms with Crippen LogP contribution in [0.4, 0.5) is 4.79 Å². The van der Waals surface area contributed by atoms with E-state index in [1.54, 1.807) is 4.57 Å². The average Bonchev–Trinajstić information content (AvgIpc) is 2.75. The Balaban J connectivity index is 2.51. The molecule has 0 fully saturated rings. The third-order valence-electron chi connectivity index (χ3n) is 3.22. The quantitative estimate of drug-likeness (QED) is 0.912. The highest BCUT2D eigenvalue weighted by Crippen LogP contribution is 2.27. The van der Waals surface area contributed by atoms with Crippen molar-refractivity contribution in [3.05, 3.63) is 36.0 Å². The van der Waals surface area contributed by atoms with Crippen molar-refractivity contribution in [2.24, 2.45) is 5.73 Å². The zero-order valence-corrected chi connectivity index (χ0v) is 12.5. The van der Waals surface area contributed by atoms with Crippen molar-refractivity contribution < 1.29 is 9.53 Å². The molecular formula is C16H22N2O2. The Bertz CT molecular complexity index is 623. The predicted octanol–water partition coefficient (Wildman–Crippen LogP) is 3.49. The van der Waals surface area contributed by atoms with Crippen LogP contribution in [-0.2, 0) is 4.74 Å². The number of hydrogen-bond acceptors (Lipinski definition) is 3. The molecule has 4 nitrogen and oxygen atoms in total. The van der Waals surface area contributed by atoms with E-state index in [1.807, 2.05) is 51.2 Å². The highest BCUT2D eigenvalue weighted by molar-refractivity contribution is 5.92. The molecule has 1 atom stereocenters. The van der Waals surface area contributed by atoms with Crippen molar-refractivity contribution in [2.45, 2.75) is 39.2 Å². The number of carbonyl (C=O) groups is 1. The Kier molecular flexibility index (Phi) is 3.86. The van der Waals surface area contributed by atoms with Gasteiger partial charge in [0.25, 0.3) is 0 Å². The van der Waals surface area contributed by atoms with Crippen molar-refractivity contribution in [1.82, 2.24) is 4.57 Å². The van der Waals surface area contributed by atoms with Crippen LogP contribution in [0.5, 0.6) is 0 Å². The van der Waals surface area contributed by atoms with Crippen LogP contribution in [0.2, 0.25) is 0 Å². The van der Waals surface area contributed by atoms with Gasteiger partial charge in [-0.3, -0.25) is 4.57 Å². The van der Waals surface area contributed by atoms with Gasteiger partial charge in [0, 0.05) is 11.6 Å². The number of aromatic nitrogens is 1. The second kappa shape index (κ2) is 5.29. The van der Waals surface area contributed by atoms with Crippen molar-refractivity contribution in [3.8, 4) is 0 Å². The minimum absolute atomic E-state index is 0.198. The number of carbonyl (C=O) groups excluding carboxylic acids is 1. The first kappa shape index (κ1) is 14.6. The monoisotopic (exact) mass is 274 g/mol. The van der Waals surface area contributed by atoms with Gasteiger partial charge in [-0.1, -0.05) is 25.1 Å². The van der Waals surface area contributed by atoms with Gasteiger partial charge >= 0.3 is 6.09 Å². The van der Waals surface area contributed by atoms with Crippen LogP contribution in [0, 0.1) is 0 Å². The van der Waals surface area contributed by atoms with Crippen LogP contribution >= 0.6 is 0 Å². The normalized spacial score (nSPS) is 13.4. The fourth-order valence-electron chi connectivity index (χ4n) is 2.19. The maximum absolute atomic E-state index is 12.3. The molecule has 4 heteroatoms. The second-order valence-electron chi connectivity index (χ2n) is 6.09. The summed E-state index contributed by atoms with van der Waals surface area (Å²) in [5, 5.41) is 1.05. The van der Waals surface area contributed by atoms with Crippen LogP contribution in [-0.4, -0.2) is 22.8 Å². The van der Waals surface area contributed by atoms with Gasteiger partial charge in [0.2, 0.25) is 0 Å². The molecule has 108 valence electrons. The zero-order valence-electron chi connectivity index (χ0n) is 12.5. The number of para-hydroxylation sites is 1. The summed E-state index contributed by atoms with van der Waals surface area (Å²) < 4.78 is 7.02. The predicted molar refractivity (Wildman–Crippen MR) is 81.0 cm³/mol. The first-order chi connectivity index (χ1) is 9.33. The summed E-state index contributed by atoms with van der Waals surface area (Å²) in [6.07, 6.45) is 1.49. The van der Waals surface area contributed by atoms with Crippen LogP contribution in [0.25, 0.3) is 10.9 Å². The third-order valence-corrected chi connectivity index (χ3v) is 3.22. The first-order valence-corrected chi connectivity index (χ1v) is 6.87. The fourth-order valence-corrected chi connectivity index (χ4v) is 2.19. The van der Waals surface area contributed by atoms with Crippen molar-refractivity contribution >= 4 is 17.0 Å². The van der Waals surface area contributed by atoms with Crippen molar-refractivity contribution in [1.29, 1.82) is 0 Å². The van der Waals surface area contributed by atoms with E-state index in [0.29, 0.717) is 6.54 Å². The summed E-state index contributed by atoms with van der Waals surface area (Å²) in [5.74, 6) is 0.198. The number of benzene rings is 1. The molecule has 1 heterocycles. The maximum atomic E-state index is 12.3. The SMILES string of the molecule is CC(CN)c1cn(C(=O)OC(C)(C)C)c2ccccc12. The minimum Gasteiger partial charge on any atom is -0.443 e. The molecule has 0 aliphatic heterocycles. The second-order valence-corrected chi connectivity index (χ2v) is 6.09. The molecule has 0 amide bonds. The summed E-state index contributed by atoms with van der Waals surface area (Å²) in [6.45, 7) is 8.18. The number of hydrogen-bond donors (Lipinski definition) is 1. The molecular weight excluding hydrogens is 252 g/mol. The molecule has 2 rings (SSSR count). The van der Waals surface area contributed by atoms with E-state index >= 15 is 0 Å². The van der Waals surface area contributed by atoms with E-state index in [1.165, 1.54) is 0 Å². The Morgan fingerprint density at radius 2 is 2.00 bits per heavy atom. The Morgan fingerprint density at radius 3 is 2.60 bits per heavy atom. The molecule has 20 heavy (non-hydrogen) atoms. The number of fused-ring (bicyclic) bond motifs is 1. The zero-order chi connectivity index (χ0) is 14.9. The van der Waals surface area contributed by atoms with E-state index in [2.05, 4.69) is 6.92 Å². The Labute approximate surface area is 119 Å². The largest absolute Gasteiger partial charge is 0.443 e. The van der Waals surface area contributed by atoms with Crippen LogP contribution < -0.4 is 5.73 Å². The average molecular weight is 274 g/mol. The van der Waals surface area contributed by atoms with E-state index in [-0.39, 0.29) is 12.0 Å². The van der Waals surface area contributed by atoms with Gasteiger partial charge in [0.15, 0.2) is 0 Å². The first-order valence-electron chi connectivity index (χ1n) is 6.87. The minimum atomic E-state index is -0.512. The van der Waals surface area contributed by atoms with Gasteiger partial charge < -0.3 is 10.5 Å².